The summed E-state index contributed by atoms with van der Waals surface area (Å²) in [4.78, 5) is 11.9. The van der Waals surface area contributed by atoms with Gasteiger partial charge < -0.3 is 4.74 Å². The van der Waals surface area contributed by atoms with Gasteiger partial charge >= 0.3 is 0 Å². The highest BCUT2D eigenvalue weighted by Gasteiger charge is 2.04. The fraction of sp³-hybridized carbons (Fsp3) is 0.222. The van der Waals surface area contributed by atoms with E-state index in [1.165, 1.54) is 18.3 Å². The molecule has 0 spiro atoms. The van der Waals surface area contributed by atoms with Crippen molar-refractivity contribution in [2.45, 2.75) is 13.8 Å². The minimum absolute atomic E-state index is 0.314. The van der Waals surface area contributed by atoms with Crippen molar-refractivity contribution in [3.63, 3.8) is 0 Å². The second kappa shape index (κ2) is 8.08. The minimum atomic E-state index is -0.321. The molecule has 0 aliphatic rings. The summed E-state index contributed by atoms with van der Waals surface area (Å²) in [6, 6.07) is 12.7. The highest BCUT2D eigenvalue weighted by atomic mass is 19.1. The average Bonchev–Trinajstić information content (AvgIpc) is 2.55. The van der Waals surface area contributed by atoms with Crippen LogP contribution in [0.3, 0.4) is 0 Å². The fourth-order valence-electron chi connectivity index (χ4n) is 1.74. The molecule has 0 fully saturated rings. The first-order valence-electron chi connectivity index (χ1n) is 7.36. The normalized spacial score (nSPS) is 11.0. The van der Waals surface area contributed by atoms with E-state index in [-0.39, 0.29) is 11.7 Å². The lowest BCUT2D eigenvalue weighted by molar-refractivity contribution is 0.0955. The summed E-state index contributed by atoms with van der Waals surface area (Å²) in [5, 5.41) is 3.85. The maximum absolute atomic E-state index is 12.8. The van der Waals surface area contributed by atoms with Crippen LogP contribution in [0, 0.1) is 11.7 Å². The van der Waals surface area contributed by atoms with Crippen molar-refractivity contribution in [3.8, 4) is 5.75 Å². The van der Waals surface area contributed by atoms with Crippen LogP contribution in [0.5, 0.6) is 5.75 Å². The Bertz CT molecular complexity index is 664. The van der Waals surface area contributed by atoms with E-state index in [1.807, 2.05) is 0 Å². The van der Waals surface area contributed by atoms with Gasteiger partial charge in [-0.15, -0.1) is 0 Å². The van der Waals surface area contributed by atoms with Gasteiger partial charge in [0.2, 0.25) is 0 Å². The molecule has 2 rings (SSSR count). The Morgan fingerprint density at radius 2 is 1.83 bits per heavy atom. The lowest BCUT2D eigenvalue weighted by Crippen LogP contribution is -2.17. The molecule has 2 aromatic rings. The minimum Gasteiger partial charge on any atom is -0.493 e. The highest BCUT2D eigenvalue weighted by Crippen LogP contribution is 2.13. The molecule has 0 aliphatic carbocycles. The van der Waals surface area contributed by atoms with E-state index < -0.39 is 0 Å². The molecule has 0 saturated carbocycles. The molecule has 1 amide bonds. The average molecular weight is 314 g/mol. The first-order valence-corrected chi connectivity index (χ1v) is 7.36. The molecule has 120 valence electrons. The maximum Gasteiger partial charge on any atom is 0.271 e. The Morgan fingerprint density at radius 1 is 1.17 bits per heavy atom. The molecule has 23 heavy (non-hydrogen) atoms. The van der Waals surface area contributed by atoms with E-state index in [9.17, 15) is 9.18 Å². The van der Waals surface area contributed by atoms with Gasteiger partial charge in [0.05, 0.1) is 12.8 Å². The first-order chi connectivity index (χ1) is 11.0. The smallest absolute Gasteiger partial charge is 0.271 e. The Hall–Kier alpha value is -2.69. The molecule has 5 heteroatoms. The summed E-state index contributed by atoms with van der Waals surface area (Å²) in [5.41, 5.74) is 3.61. The van der Waals surface area contributed by atoms with Gasteiger partial charge in [0, 0.05) is 5.56 Å². The number of hydrazone groups is 1. The summed E-state index contributed by atoms with van der Waals surface area (Å²) in [7, 11) is 0. The second-order valence-corrected chi connectivity index (χ2v) is 5.48. The number of nitrogens with one attached hydrogen (secondary N) is 1. The zero-order valence-electron chi connectivity index (χ0n) is 13.1. The lowest BCUT2D eigenvalue weighted by Gasteiger charge is -2.08. The van der Waals surface area contributed by atoms with E-state index in [0.717, 1.165) is 5.75 Å². The van der Waals surface area contributed by atoms with Crippen molar-refractivity contribution < 1.29 is 13.9 Å². The summed E-state index contributed by atoms with van der Waals surface area (Å²) < 4.78 is 18.3. The van der Waals surface area contributed by atoms with Gasteiger partial charge in [-0.2, -0.15) is 5.10 Å². The predicted molar refractivity (Wildman–Crippen MR) is 88.2 cm³/mol. The van der Waals surface area contributed by atoms with Gasteiger partial charge in [0.15, 0.2) is 0 Å². The third kappa shape index (κ3) is 5.54. The van der Waals surface area contributed by atoms with Crippen molar-refractivity contribution in [1.29, 1.82) is 0 Å². The summed E-state index contributed by atoms with van der Waals surface area (Å²) >= 11 is 0. The molecule has 0 aromatic heterocycles. The van der Waals surface area contributed by atoms with Gasteiger partial charge in [-0.25, -0.2) is 9.82 Å². The van der Waals surface area contributed by atoms with Crippen LogP contribution >= 0.6 is 0 Å². The molecule has 0 atom stereocenters. The lowest BCUT2D eigenvalue weighted by atomic mass is 10.2. The maximum atomic E-state index is 12.8. The Morgan fingerprint density at radius 3 is 2.43 bits per heavy atom. The molecule has 0 unspecified atom stereocenters. The number of benzene rings is 2. The summed E-state index contributed by atoms with van der Waals surface area (Å²) in [5.74, 6) is 0.536. The molecule has 2 aromatic carbocycles. The Kier molecular flexibility index (Phi) is 5.86. The van der Waals surface area contributed by atoms with Gasteiger partial charge in [-0.05, 0) is 47.9 Å². The summed E-state index contributed by atoms with van der Waals surface area (Å²) in [6.07, 6.45) is 1.46. The van der Waals surface area contributed by atoms with E-state index in [2.05, 4.69) is 24.4 Å². The van der Waals surface area contributed by atoms with E-state index >= 15 is 0 Å². The molecular formula is C18H19FN2O2. The number of nitrogens with zero attached hydrogens (tertiary/aromatic N) is 1. The van der Waals surface area contributed by atoms with Crippen LogP contribution in [-0.2, 0) is 0 Å². The molecule has 0 heterocycles. The van der Waals surface area contributed by atoms with Crippen LogP contribution in [0.25, 0.3) is 0 Å². The third-order valence-electron chi connectivity index (χ3n) is 2.95. The number of carbonyl (C=O) groups is 1. The Balaban J connectivity index is 1.89. The SMILES string of the molecule is CC(C)COc1ccc(C(=O)NN=Cc2ccc(F)cc2)cc1. The van der Waals surface area contributed by atoms with Crippen molar-refractivity contribution in [2.24, 2.45) is 11.0 Å². The van der Waals surface area contributed by atoms with Crippen molar-refractivity contribution >= 4 is 12.1 Å². The number of carbonyl (C=O) groups excluding carboxylic acids is 1. The van der Waals surface area contributed by atoms with Crippen molar-refractivity contribution in [1.82, 2.24) is 5.43 Å². The number of amides is 1. The van der Waals surface area contributed by atoms with E-state index in [0.29, 0.717) is 23.7 Å². The zero-order valence-corrected chi connectivity index (χ0v) is 13.1. The van der Waals surface area contributed by atoms with E-state index in [4.69, 9.17) is 4.74 Å². The van der Waals surface area contributed by atoms with Crippen LogP contribution in [0.1, 0.15) is 29.8 Å². The van der Waals surface area contributed by atoms with Gasteiger partial charge in [0.1, 0.15) is 11.6 Å². The van der Waals surface area contributed by atoms with Crippen LogP contribution in [0.4, 0.5) is 4.39 Å². The van der Waals surface area contributed by atoms with Crippen LogP contribution in [0.2, 0.25) is 0 Å². The molecule has 0 radical (unpaired) electrons. The molecule has 0 saturated heterocycles. The highest BCUT2D eigenvalue weighted by molar-refractivity contribution is 5.94. The Labute approximate surface area is 135 Å². The quantitative estimate of drug-likeness (QED) is 0.654. The van der Waals surface area contributed by atoms with Gasteiger partial charge in [-0.1, -0.05) is 26.0 Å². The topological polar surface area (TPSA) is 50.7 Å². The van der Waals surface area contributed by atoms with Crippen LogP contribution in [-0.4, -0.2) is 18.7 Å². The van der Waals surface area contributed by atoms with Gasteiger partial charge in [-0.3, -0.25) is 4.79 Å². The predicted octanol–water partition coefficient (Wildman–Crippen LogP) is 3.62. The zero-order chi connectivity index (χ0) is 16.7. The number of rotatable bonds is 6. The first kappa shape index (κ1) is 16.7. The van der Waals surface area contributed by atoms with Crippen LogP contribution < -0.4 is 10.2 Å². The molecule has 4 nitrogen and oxygen atoms in total. The second-order valence-electron chi connectivity index (χ2n) is 5.48. The molecule has 1 N–H and O–H groups in total. The van der Waals surface area contributed by atoms with E-state index in [1.54, 1.807) is 36.4 Å². The van der Waals surface area contributed by atoms with Gasteiger partial charge in [0.25, 0.3) is 5.91 Å². The van der Waals surface area contributed by atoms with Crippen molar-refractivity contribution in [3.05, 3.63) is 65.5 Å². The molecule has 0 aliphatic heterocycles. The number of halogens is 1. The fourth-order valence-corrected chi connectivity index (χ4v) is 1.74. The number of hydrogen-bond acceptors (Lipinski definition) is 3. The monoisotopic (exact) mass is 314 g/mol. The number of hydrogen-bond donors (Lipinski definition) is 1. The largest absolute Gasteiger partial charge is 0.493 e. The molecule has 0 bridgehead atoms. The summed E-state index contributed by atoms with van der Waals surface area (Å²) in [6.45, 7) is 4.77. The standard InChI is InChI=1S/C18H19FN2O2/c1-13(2)12-23-17-9-5-15(6-10-17)18(22)21-20-11-14-3-7-16(19)8-4-14/h3-11,13H,12H2,1-2H3,(H,21,22). The van der Waals surface area contributed by atoms with Crippen LogP contribution in [0.15, 0.2) is 53.6 Å². The third-order valence-corrected chi connectivity index (χ3v) is 2.95. The number of ether oxygens (including phenoxy) is 1. The van der Waals surface area contributed by atoms with Crippen molar-refractivity contribution in [2.75, 3.05) is 6.61 Å². The molecular weight excluding hydrogens is 295 g/mol.